The Balaban J connectivity index is 1.64. The molecule has 0 aromatic carbocycles. The zero-order valence-electron chi connectivity index (χ0n) is 22.5. The quantitative estimate of drug-likeness (QED) is 0.499. The van der Waals surface area contributed by atoms with Gasteiger partial charge < -0.3 is 29.5 Å². The number of amides is 2. The summed E-state index contributed by atoms with van der Waals surface area (Å²) >= 11 is 0. The van der Waals surface area contributed by atoms with Crippen LogP contribution in [0.1, 0.15) is 36.2 Å². The van der Waals surface area contributed by atoms with Crippen molar-refractivity contribution in [1.29, 1.82) is 0 Å². The highest BCUT2D eigenvalue weighted by Gasteiger charge is 2.38. The van der Waals surface area contributed by atoms with Gasteiger partial charge in [0.15, 0.2) is 11.5 Å². The number of rotatable bonds is 7. The maximum atomic E-state index is 13.7. The molecule has 12 heteroatoms. The van der Waals surface area contributed by atoms with Gasteiger partial charge in [-0.2, -0.15) is 0 Å². The molecular formula is C28H31FN4O7. The van der Waals surface area contributed by atoms with E-state index in [1.165, 1.54) is 31.7 Å². The number of halogens is 1. The van der Waals surface area contributed by atoms with Crippen LogP contribution in [-0.4, -0.2) is 76.9 Å². The zero-order valence-corrected chi connectivity index (χ0v) is 22.5. The predicted octanol–water partition coefficient (Wildman–Crippen LogP) is 2.28. The van der Waals surface area contributed by atoms with Gasteiger partial charge in [-0.1, -0.05) is 6.08 Å². The lowest BCUT2D eigenvalue weighted by atomic mass is 9.92. The van der Waals surface area contributed by atoms with Crippen LogP contribution < -0.4 is 15.6 Å². The van der Waals surface area contributed by atoms with E-state index in [4.69, 9.17) is 14.2 Å². The highest BCUT2D eigenvalue weighted by Crippen LogP contribution is 2.39. The van der Waals surface area contributed by atoms with Crippen molar-refractivity contribution < 1.29 is 33.3 Å². The molecule has 5 rings (SSSR count). The Morgan fingerprint density at radius 2 is 2.15 bits per heavy atom. The van der Waals surface area contributed by atoms with Crippen molar-refractivity contribution in [2.24, 2.45) is 5.92 Å². The van der Waals surface area contributed by atoms with Gasteiger partial charge >= 0.3 is 0 Å². The number of aromatic nitrogens is 2. The maximum Gasteiger partial charge on any atom is 0.291 e. The van der Waals surface area contributed by atoms with Gasteiger partial charge in [-0.25, -0.2) is 4.39 Å². The van der Waals surface area contributed by atoms with Gasteiger partial charge in [0.25, 0.3) is 17.4 Å². The molecular weight excluding hydrogens is 523 g/mol. The van der Waals surface area contributed by atoms with Crippen molar-refractivity contribution in [3.8, 4) is 11.5 Å². The summed E-state index contributed by atoms with van der Waals surface area (Å²) in [7, 11) is 1.47. The number of nitrogens with one attached hydrogen (secondary N) is 1. The summed E-state index contributed by atoms with van der Waals surface area (Å²) in [6.45, 7) is 5.05. The van der Waals surface area contributed by atoms with Gasteiger partial charge in [0, 0.05) is 32.0 Å². The standard InChI is InChI=1S/C28H31FN4O7/c1-28(2)15-39-11-9-33(28)26(36)19-14-32-22-21(23(34)20(27(32)37)25(35)30-8-10-38-3)31-13-17(24(22)40-19)12-16-4-6-18(29)7-5-16/h4,6-7,13-14,16,34H,5,8-12,15H2,1-3H3,(H,30,35). The van der Waals surface area contributed by atoms with Crippen molar-refractivity contribution in [3.63, 3.8) is 0 Å². The number of carbonyl (C=O) groups is 2. The molecule has 2 N–H and O–H groups in total. The van der Waals surface area contributed by atoms with Gasteiger partial charge in [0.05, 0.1) is 31.6 Å². The second-order valence-electron chi connectivity index (χ2n) is 10.5. The third-order valence-corrected chi connectivity index (χ3v) is 7.22. The Morgan fingerprint density at radius 3 is 2.85 bits per heavy atom. The molecule has 2 amide bonds. The molecule has 0 bridgehead atoms. The SMILES string of the molecule is COCCNC(=O)c1c(O)c2ncc(CC3C=CC(F)=CC3)c3c2n(c1=O)C=C(C(=O)N1CCOCC1(C)C)O3. The molecule has 1 saturated heterocycles. The van der Waals surface area contributed by atoms with Crippen LogP contribution in [0, 0.1) is 5.92 Å². The highest BCUT2D eigenvalue weighted by molar-refractivity contribution is 6.05. The molecule has 2 aliphatic heterocycles. The van der Waals surface area contributed by atoms with Crippen LogP contribution in [0.5, 0.6) is 11.5 Å². The molecule has 11 nitrogen and oxygen atoms in total. The fourth-order valence-electron chi connectivity index (χ4n) is 5.10. The minimum Gasteiger partial charge on any atom is -0.505 e. The number of pyridine rings is 2. The van der Waals surface area contributed by atoms with Crippen LogP contribution in [0.3, 0.4) is 0 Å². The molecule has 1 aliphatic carbocycles. The molecule has 0 saturated carbocycles. The molecule has 1 fully saturated rings. The molecule has 212 valence electrons. The number of hydrogen-bond acceptors (Lipinski definition) is 8. The summed E-state index contributed by atoms with van der Waals surface area (Å²) in [6.07, 6.45) is 8.15. The van der Waals surface area contributed by atoms with Crippen LogP contribution in [0.15, 0.2) is 40.8 Å². The van der Waals surface area contributed by atoms with Crippen LogP contribution >= 0.6 is 0 Å². The summed E-state index contributed by atoms with van der Waals surface area (Å²) < 4.78 is 31.4. The lowest BCUT2D eigenvalue weighted by molar-refractivity contribution is -0.144. The topological polar surface area (TPSA) is 132 Å². The number of morpholine rings is 1. The number of hydrogen-bond donors (Lipinski definition) is 2. The van der Waals surface area contributed by atoms with Gasteiger partial charge in [-0.3, -0.25) is 23.9 Å². The monoisotopic (exact) mass is 554 g/mol. The minimum absolute atomic E-state index is 0.0326. The van der Waals surface area contributed by atoms with Crippen LogP contribution in [0.25, 0.3) is 17.2 Å². The number of allylic oxidation sites excluding steroid dienone is 4. The fourth-order valence-corrected chi connectivity index (χ4v) is 5.10. The Morgan fingerprint density at radius 1 is 1.35 bits per heavy atom. The van der Waals surface area contributed by atoms with E-state index in [9.17, 15) is 23.9 Å². The Labute approximate surface area is 229 Å². The van der Waals surface area contributed by atoms with Gasteiger partial charge in [-0.05, 0) is 44.8 Å². The van der Waals surface area contributed by atoms with E-state index < -0.39 is 34.2 Å². The van der Waals surface area contributed by atoms with Crippen molar-refractivity contribution in [3.05, 3.63) is 57.5 Å². The first kappa shape index (κ1) is 27.5. The summed E-state index contributed by atoms with van der Waals surface area (Å²) in [5, 5.41) is 13.6. The number of carbonyl (C=O) groups excluding carboxylic acids is 2. The number of nitrogens with zero attached hydrogens (tertiary/aromatic N) is 3. The molecule has 3 aliphatic rings. The maximum absolute atomic E-state index is 13.7. The smallest absolute Gasteiger partial charge is 0.291 e. The second-order valence-corrected chi connectivity index (χ2v) is 10.5. The molecule has 2 aromatic rings. The third kappa shape index (κ3) is 5.00. The Hall–Kier alpha value is -4.03. The van der Waals surface area contributed by atoms with Crippen molar-refractivity contribution in [2.45, 2.75) is 32.2 Å². The average Bonchev–Trinajstić information content (AvgIpc) is 2.93. The third-order valence-electron chi connectivity index (χ3n) is 7.22. The van der Waals surface area contributed by atoms with E-state index in [2.05, 4.69) is 10.3 Å². The predicted molar refractivity (Wildman–Crippen MR) is 144 cm³/mol. The molecule has 1 unspecified atom stereocenters. The Kier molecular flexibility index (Phi) is 7.47. The fraction of sp³-hybridized carbons (Fsp3) is 0.429. The lowest BCUT2D eigenvalue weighted by Crippen LogP contribution is -2.56. The van der Waals surface area contributed by atoms with E-state index >= 15 is 0 Å². The van der Waals surface area contributed by atoms with E-state index in [1.54, 1.807) is 11.0 Å². The van der Waals surface area contributed by atoms with Crippen molar-refractivity contribution >= 4 is 29.0 Å². The first-order chi connectivity index (χ1) is 19.1. The average molecular weight is 555 g/mol. The van der Waals surface area contributed by atoms with E-state index in [0.29, 0.717) is 38.2 Å². The van der Waals surface area contributed by atoms with Crippen molar-refractivity contribution in [2.75, 3.05) is 40.0 Å². The van der Waals surface area contributed by atoms with E-state index in [1.807, 2.05) is 13.8 Å². The van der Waals surface area contributed by atoms with Gasteiger partial charge in [-0.15, -0.1) is 0 Å². The van der Waals surface area contributed by atoms with E-state index in [0.717, 1.165) is 4.57 Å². The zero-order chi connectivity index (χ0) is 28.6. The minimum atomic E-state index is -0.836. The Bertz CT molecular complexity index is 1530. The molecule has 1 atom stereocenters. The lowest BCUT2D eigenvalue weighted by Gasteiger charge is -2.42. The van der Waals surface area contributed by atoms with Gasteiger partial charge in [0.1, 0.15) is 22.4 Å². The van der Waals surface area contributed by atoms with Gasteiger partial charge in [0.2, 0.25) is 5.76 Å². The first-order valence-electron chi connectivity index (χ1n) is 13.0. The molecule has 2 aromatic heterocycles. The number of aromatic hydroxyl groups is 1. The second kappa shape index (κ2) is 10.9. The molecule has 40 heavy (non-hydrogen) atoms. The van der Waals surface area contributed by atoms with Crippen LogP contribution in [-0.2, 0) is 20.7 Å². The summed E-state index contributed by atoms with van der Waals surface area (Å²) in [5.41, 5.74) is -1.32. The van der Waals surface area contributed by atoms with Crippen molar-refractivity contribution in [1.82, 2.24) is 19.8 Å². The van der Waals surface area contributed by atoms with E-state index in [-0.39, 0.29) is 47.4 Å². The molecule has 4 heterocycles. The van der Waals surface area contributed by atoms with Crippen LogP contribution in [0.4, 0.5) is 4.39 Å². The summed E-state index contributed by atoms with van der Waals surface area (Å²) in [4.78, 5) is 46.4. The molecule has 0 radical (unpaired) electrons. The van der Waals surface area contributed by atoms with Crippen LogP contribution in [0.2, 0.25) is 0 Å². The summed E-state index contributed by atoms with van der Waals surface area (Å²) in [5.74, 6) is -2.21. The summed E-state index contributed by atoms with van der Waals surface area (Å²) in [6, 6.07) is 0. The first-order valence-corrected chi connectivity index (χ1v) is 13.0. The highest BCUT2D eigenvalue weighted by atomic mass is 19.1. The largest absolute Gasteiger partial charge is 0.505 e. The number of methoxy groups -OCH3 is 1. The normalized spacial score (nSPS) is 19.6. The number of ether oxygens (including phenoxy) is 3. The molecule has 0 spiro atoms.